The standard InChI is InChI=1S/C22H21FN6O/c23-17-1-2-18(25-15-17)13-20-26-19(14-22(27-20)29-7-9-30-10-8-29)11-16-3-5-28-6-4-24-21(28)12-16/h1-6,12,14-15H,7-11,13H2. The summed E-state index contributed by atoms with van der Waals surface area (Å²) in [7, 11) is 0. The summed E-state index contributed by atoms with van der Waals surface area (Å²) in [6.07, 6.45) is 8.06. The van der Waals surface area contributed by atoms with Gasteiger partial charge in [0.15, 0.2) is 0 Å². The van der Waals surface area contributed by atoms with E-state index in [2.05, 4.69) is 27.0 Å². The Morgan fingerprint density at radius 2 is 1.83 bits per heavy atom. The molecule has 0 amide bonds. The lowest BCUT2D eigenvalue weighted by Crippen LogP contribution is -2.37. The number of morpholine rings is 1. The Morgan fingerprint density at radius 3 is 2.67 bits per heavy atom. The van der Waals surface area contributed by atoms with E-state index >= 15 is 0 Å². The zero-order chi connectivity index (χ0) is 20.3. The van der Waals surface area contributed by atoms with Gasteiger partial charge in [0.2, 0.25) is 0 Å². The predicted octanol–water partition coefficient (Wildman–Crippen LogP) is 2.68. The van der Waals surface area contributed by atoms with Crippen LogP contribution >= 0.6 is 0 Å². The number of ether oxygens (including phenoxy) is 1. The van der Waals surface area contributed by atoms with E-state index in [4.69, 9.17) is 14.7 Å². The molecule has 1 fully saturated rings. The molecule has 0 bridgehead atoms. The minimum Gasteiger partial charge on any atom is -0.378 e. The maximum absolute atomic E-state index is 13.2. The summed E-state index contributed by atoms with van der Waals surface area (Å²) < 4.78 is 20.7. The number of halogens is 1. The van der Waals surface area contributed by atoms with Gasteiger partial charge in [-0.25, -0.2) is 19.3 Å². The summed E-state index contributed by atoms with van der Waals surface area (Å²) in [6, 6.07) is 9.27. The zero-order valence-corrected chi connectivity index (χ0v) is 16.4. The molecule has 0 radical (unpaired) electrons. The van der Waals surface area contributed by atoms with Crippen molar-refractivity contribution < 1.29 is 9.13 Å². The van der Waals surface area contributed by atoms with Gasteiger partial charge in [-0.3, -0.25) is 4.98 Å². The molecule has 5 heterocycles. The summed E-state index contributed by atoms with van der Waals surface area (Å²) in [6.45, 7) is 2.96. The summed E-state index contributed by atoms with van der Waals surface area (Å²) in [5, 5.41) is 0. The van der Waals surface area contributed by atoms with Crippen LogP contribution in [-0.4, -0.2) is 50.6 Å². The fourth-order valence-electron chi connectivity index (χ4n) is 3.61. The predicted molar refractivity (Wildman–Crippen MR) is 110 cm³/mol. The average molecular weight is 404 g/mol. The SMILES string of the molecule is Fc1ccc(Cc2nc(Cc3ccn4ccnc4c3)cc(N3CCOCC3)n2)nc1. The fraction of sp³-hybridized carbons (Fsp3) is 0.273. The summed E-state index contributed by atoms with van der Waals surface area (Å²) >= 11 is 0. The number of aromatic nitrogens is 5. The summed E-state index contributed by atoms with van der Waals surface area (Å²) in [5.74, 6) is 1.22. The minimum atomic E-state index is -0.350. The Hall–Kier alpha value is -3.39. The van der Waals surface area contributed by atoms with Crippen LogP contribution < -0.4 is 4.90 Å². The highest BCUT2D eigenvalue weighted by Gasteiger charge is 2.16. The molecular weight excluding hydrogens is 383 g/mol. The lowest BCUT2D eigenvalue weighted by Gasteiger charge is -2.28. The number of imidazole rings is 1. The molecule has 1 aliphatic heterocycles. The molecule has 0 atom stereocenters. The highest BCUT2D eigenvalue weighted by atomic mass is 19.1. The van der Waals surface area contributed by atoms with Crippen LogP contribution in [-0.2, 0) is 17.6 Å². The number of nitrogens with zero attached hydrogens (tertiary/aromatic N) is 6. The van der Waals surface area contributed by atoms with Crippen molar-refractivity contribution in [2.24, 2.45) is 0 Å². The number of fused-ring (bicyclic) bond motifs is 1. The van der Waals surface area contributed by atoms with Crippen molar-refractivity contribution in [2.45, 2.75) is 12.8 Å². The Kier molecular flexibility index (Phi) is 5.06. The molecule has 7 nitrogen and oxygen atoms in total. The first-order chi connectivity index (χ1) is 14.7. The molecule has 5 rings (SSSR count). The van der Waals surface area contributed by atoms with Crippen LogP contribution in [0.4, 0.5) is 10.2 Å². The second-order valence-electron chi connectivity index (χ2n) is 7.28. The van der Waals surface area contributed by atoms with Crippen molar-refractivity contribution in [3.63, 3.8) is 0 Å². The van der Waals surface area contributed by atoms with Crippen molar-refractivity contribution >= 4 is 11.5 Å². The van der Waals surface area contributed by atoms with Crippen molar-refractivity contribution in [1.29, 1.82) is 0 Å². The topological polar surface area (TPSA) is 68.4 Å². The molecule has 4 aromatic heterocycles. The van der Waals surface area contributed by atoms with Gasteiger partial charge < -0.3 is 14.0 Å². The van der Waals surface area contributed by atoms with Gasteiger partial charge in [0.05, 0.1) is 31.5 Å². The van der Waals surface area contributed by atoms with Gasteiger partial charge in [0.25, 0.3) is 0 Å². The van der Waals surface area contributed by atoms with Crippen LogP contribution in [0.1, 0.15) is 22.8 Å². The molecule has 1 aliphatic rings. The Balaban J connectivity index is 1.46. The zero-order valence-electron chi connectivity index (χ0n) is 16.4. The van der Waals surface area contributed by atoms with Crippen molar-refractivity contribution in [2.75, 3.05) is 31.2 Å². The molecule has 0 saturated carbocycles. The van der Waals surface area contributed by atoms with Gasteiger partial charge in [-0.15, -0.1) is 0 Å². The van der Waals surface area contributed by atoms with Gasteiger partial charge in [0, 0.05) is 49.9 Å². The highest BCUT2D eigenvalue weighted by Crippen LogP contribution is 2.19. The first kappa shape index (κ1) is 18.6. The molecule has 30 heavy (non-hydrogen) atoms. The second kappa shape index (κ2) is 8.16. The van der Waals surface area contributed by atoms with E-state index in [1.165, 1.54) is 12.3 Å². The number of anilines is 1. The molecule has 152 valence electrons. The molecular formula is C22H21FN6O. The molecule has 0 aliphatic carbocycles. The smallest absolute Gasteiger partial charge is 0.141 e. The molecule has 0 N–H and O–H groups in total. The number of pyridine rings is 2. The van der Waals surface area contributed by atoms with E-state index in [9.17, 15) is 4.39 Å². The Labute approximate surface area is 173 Å². The van der Waals surface area contributed by atoms with Crippen molar-refractivity contribution in [3.05, 3.63) is 83.7 Å². The lowest BCUT2D eigenvalue weighted by molar-refractivity contribution is 0.122. The quantitative estimate of drug-likeness (QED) is 0.510. The van der Waals surface area contributed by atoms with E-state index in [-0.39, 0.29) is 5.82 Å². The Bertz CT molecular complexity index is 1150. The first-order valence-corrected chi connectivity index (χ1v) is 9.94. The monoisotopic (exact) mass is 404 g/mol. The molecule has 1 saturated heterocycles. The summed E-state index contributed by atoms with van der Waals surface area (Å²) in [5.41, 5.74) is 3.71. The molecule has 0 unspecified atom stereocenters. The van der Waals surface area contributed by atoms with E-state index < -0.39 is 0 Å². The summed E-state index contributed by atoms with van der Waals surface area (Å²) in [4.78, 5) is 20.3. The van der Waals surface area contributed by atoms with E-state index in [0.717, 1.165) is 41.5 Å². The third kappa shape index (κ3) is 4.13. The van der Waals surface area contributed by atoms with Gasteiger partial charge >= 0.3 is 0 Å². The lowest BCUT2D eigenvalue weighted by atomic mass is 10.1. The number of hydrogen-bond acceptors (Lipinski definition) is 6. The number of rotatable bonds is 5. The largest absolute Gasteiger partial charge is 0.378 e. The maximum Gasteiger partial charge on any atom is 0.141 e. The third-order valence-corrected chi connectivity index (χ3v) is 5.12. The normalized spacial score (nSPS) is 14.4. The fourth-order valence-corrected chi connectivity index (χ4v) is 3.61. The Morgan fingerprint density at radius 1 is 0.933 bits per heavy atom. The second-order valence-corrected chi connectivity index (χ2v) is 7.28. The van der Waals surface area contributed by atoms with Gasteiger partial charge in [-0.2, -0.15) is 0 Å². The minimum absolute atomic E-state index is 0.350. The third-order valence-electron chi connectivity index (χ3n) is 5.12. The van der Waals surface area contributed by atoms with Gasteiger partial charge in [-0.05, 0) is 29.8 Å². The van der Waals surface area contributed by atoms with Gasteiger partial charge in [0.1, 0.15) is 23.1 Å². The van der Waals surface area contributed by atoms with Crippen molar-refractivity contribution in [1.82, 2.24) is 24.3 Å². The van der Waals surface area contributed by atoms with Crippen LogP contribution in [0.25, 0.3) is 5.65 Å². The van der Waals surface area contributed by atoms with Crippen LogP contribution in [0.15, 0.2) is 55.1 Å². The molecule has 0 spiro atoms. The maximum atomic E-state index is 13.2. The highest BCUT2D eigenvalue weighted by molar-refractivity contribution is 5.45. The number of hydrogen-bond donors (Lipinski definition) is 0. The van der Waals surface area contributed by atoms with E-state index in [1.54, 1.807) is 12.3 Å². The van der Waals surface area contributed by atoms with E-state index in [1.807, 2.05) is 22.9 Å². The first-order valence-electron chi connectivity index (χ1n) is 9.94. The van der Waals surface area contributed by atoms with E-state index in [0.29, 0.717) is 31.9 Å². The van der Waals surface area contributed by atoms with Crippen LogP contribution in [0.3, 0.4) is 0 Å². The van der Waals surface area contributed by atoms with Crippen LogP contribution in [0.2, 0.25) is 0 Å². The van der Waals surface area contributed by atoms with Crippen LogP contribution in [0.5, 0.6) is 0 Å². The molecule has 0 aromatic carbocycles. The molecule has 4 aromatic rings. The van der Waals surface area contributed by atoms with Crippen LogP contribution in [0, 0.1) is 5.82 Å². The van der Waals surface area contributed by atoms with Gasteiger partial charge in [-0.1, -0.05) is 0 Å². The van der Waals surface area contributed by atoms with Crippen molar-refractivity contribution in [3.8, 4) is 0 Å². The average Bonchev–Trinajstić information content (AvgIpc) is 3.24. The molecule has 8 heteroatoms.